The fourth-order valence-corrected chi connectivity index (χ4v) is 4.45. The molecule has 0 aromatic carbocycles. The van der Waals surface area contributed by atoms with Crippen molar-refractivity contribution in [2.24, 2.45) is 5.14 Å². The van der Waals surface area contributed by atoms with Crippen LogP contribution in [0.2, 0.25) is 5.22 Å². The third-order valence-corrected chi connectivity index (χ3v) is 6.10. The van der Waals surface area contributed by atoms with Crippen molar-refractivity contribution >= 4 is 50.5 Å². The Morgan fingerprint density at radius 3 is 2.74 bits per heavy atom. The van der Waals surface area contributed by atoms with Crippen LogP contribution >= 0.6 is 23.4 Å². The molecule has 0 radical (unpaired) electrons. The number of halogens is 1. The Labute approximate surface area is 184 Å². The van der Waals surface area contributed by atoms with Gasteiger partial charge in [-0.25, -0.2) is 19.8 Å². The summed E-state index contributed by atoms with van der Waals surface area (Å²) in [7, 11) is -4.26. The van der Waals surface area contributed by atoms with Crippen LogP contribution in [0.15, 0.2) is 27.9 Å². The summed E-state index contributed by atoms with van der Waals surface area (Å²) in [6.45, 7) is -0.593. The highest BCUT2D eigenvalue weighted by molar-refractivity contribution is 7.98. The molecular weight excluding hydrogens is 476 g/mol. The fraction of sp³-hybridized carbons (Fsp3) is 0.400. The maximum atomic E-state index is 11.0. The number of aliphatic hydroxyl groups is 2. The molecule has 0 bridgehead atoms. The highest BCUT2D eigenvalue weighted by atomic mass is 35.5. The highest BCUT2D eigenvalue weighted by Crippen LogP contribution is 2.37. The average molecular weight is 493 g/mol. The van der Waals surface area contributed by atoms with Crippen molar-refractivity contribution in [3.63, 3.8) is 0 Å². The topological polar surface area (TPSA) is 202 Å². The van der Waals surface area contributed by atoms with Crippen LogP contribution in [-0.2, 0) is 25.0 Å². The van der Waals surface area contributed by atoms with Gasteiger partial charge in [-0.3, -0.25) is 4.18 Å². The summed E-state index contributed by atoms with van der Waals surface area (Å²) in [6.07, 6.45) is -4.09. The maximum absolute atomic E-state index is 11.0. The van der Waals surface area contributed by atoms with E-state index in [0.29, 0.717) is 21.9 Å². The van der Waals surface area contributed by atoms with Crippen LogP contribution in [-0.4, -0.2) is 63.3 Å². The predicted molar refractivity (Wildman–Crippen MR) is 108 cm³/mol. The van der Waals surface area contributed by atoms with Crippen molar-refractivity contribution in [3.8, 4) is 0 Å². The Morgan fingerprint density at radius 1 is 1.29 bits per heavy atom. The molecule has 13 nitrogen and oxygen atoms in total. The Kier molecular flexibility index (Phi) is 6.10. The first-order chi connectivity index (χ1) is 14.6. The van der Waals surface area contributed by atoms with Gasteiger partial charge in [0.05, 0.1) is 17.7 Å². The number of thioether (sulfide) groups is 1. The molecule has 0 aliphatic carbocycles. The van der Waals surface area contributed by atoms with Crippen molar-refractivity contribution in [1.29, 1.82) is 0 Å². The van der Waals surface area contributed by atoms with Gasteiger partial charge in [-0.15, -0.1) is 0 Å². The molecule has 3 aromatic heterocycles. The lowest BCUT2D eigenvalue weighted by molar-refractivity contribution is -0.0531. The van der Waals surface area contributed by atoms with Crippen LogP contribution in [0.1, 0.15) is 12.0 Å². The van der Waals surface area contributed by atoms with E-state index < -0.39 is 41.5 Å². The minimum Gasteiger partial charge on any atom is -0.449 e. The third kappa shape index (κ3) is 4.63. The standard InChI is InChI=1S/C15H17ClN6O7S2/c16-8-2-1-6(28-8)4-30-14-9-12(17)19-5-20-13(9)22(21-14)15-11(24)10(23)7(29-15)3-27-31(18,25)26/h1-2,5,7,10-11,15,23-24H,3-4H2,(H2,17,19,20)(H2,18,25,26)/t7-,10-,11-,15-/m1/s1. The first-order valence-electron chi connectivity index (χ1n) is 8.68. The van der Waals surface area contributed by atoms with E-state index >= 15 is 0 Å². The zero-order chi connectivity index (χ0) is 22.3. The Morgan fingerprint density at radius 2 is 2.06 bits per heavy atom. The lowest BCUT2D eigenvalue weighted by atomic mass is 10.1. The van der Waals surface area contributed by atoms with E-state index in [1.807, 2.05) is 0 Å². The van der Waals surface area contributed by atoms with Gasteiger partial charge in [-0.2, -0.15) is 13.5 Å². The van der Waals surface area contributed by atoms with Crippen LogP contribution < -0.4 is 10.9 Å². The minimum atomic E-state index is -4.26. The molecule has 1 aliphatic rings. The van der Waals surface area contributed by atoms with E-state index in [0.717, 1.165) is 0 Å². The summed E-state index contributed by atoms with van der Waals surface area (Å²) in [5, 5.41) is 31.0. The second kappa shape index (κ2) is 8.51. The number of furan rings is 1. The van der Waals surface area contributed by atoms with Crippen LogP contribution in [0.5, 0.6) is 0 Å². The quantitative estimate of drug-likeness (QED) is 0.316. The number of nitrogen functional groups attached to an aromatic ring is 1. The third-order valence-electron chi connectivity index (χ3n) is 4.44. The lowest BCUT2D eigenvalue weighted by Gasteiger charge is -2.15. The zero-order valence-corrected chi connectivity index (χ0v) is 17.9. The molecule has 1 fully saturated rings. The Hall–Kier alpha value is -1.98. The van der Waals surface area contributed by atoms with Gasteiger partial charge in [-0.05, 0) is 23.7 Å². The minimum absolute atomic E-state index is 0.151. The summed E-state index contributed by atoms with van der Waals surface area (Å²) in [5.41, 5.74) is 6.26. The SMILES string of the molecule is Nc1ncnc2c1c(SCc1ccc(Cl)o1)nn2[C@@H]1O[C@H](COS(N)(=O)=O)[C@@H](O)[C@H]1O. The van der Waals surface area contributed by atoms with Crippen molar-refractivity contribution in [3.05, 3.63) is 29.4 Å². The number of hydrogen-bond donors (Lipinski definition) is 4. The Bertz CT molecular complexity index is 1200. The van der Waals surface area contributed by atoms with E-state index in [1.165, 1.54) is 22.8 Å². The fourth-order valence-electron chi connectivity index (χ4n) is 3.04. The van der Waals surface area contributed by atoms with Gasteiger partial charge in [0.15, 0.2) is 17.1 Å². The summed E-state index contributed by atoms with van der Waals surface area (Å²) >= 11 is 7.05. The lowest BCUT2D eigenvalue weighted by Crippen LogP contribution is -2.35. The van der Waals surface area contributed by atoms with Gasteiger partial charge in [0, 0.05) is 0 Å². The van der Waals surface area contributed by atoms with E-state index in [2.05, 4.69) is 19.2 Å². The van der Waals surface area contributed by atoms with Gasteiger partial charge < -0.3 is 25.1 Å². The molecule has 0 unspecified atom stereocenters. The molecule has 1 aliphatic heterocycles. The smallest absolute Gasteiger partial charge is 0.333 e. The van der Waals surface area contributed by atoms with Gasteiger partial charge in [-0.1, -0.05) is 11.8 Å². The van der Waals surface area contributed by atoms with Crippen molar-refractivity contribution < 1.29 is 32.0 Å². The molecule has 4 atom stereocenters. The molecule has 3 aromatic rings. The molecular formula is C15H17ClN6O7S2. The van der Waals surface area contributed by atoms with E-state index in [4.69, 9.17) is 31.6 Å². The van der Waals surface area contributed by atoms with Crippen molar-refractivity contribution in [1.82, 2.24) is 19.7 Å². The summed E-state index contributed by atoms with van der Waals surface area (Å²) in [6, 6.07) is 3.32. The summed E-state index contributed by atoms with van der Waals surface area (Å²) < 4.78 is 38.7. The summed E-state index contributed by atoms with van der Waals surface area (Å²) in [4.78, 5) is 8.14. The molecule has 4 heterocycles. The number of aromatic nitrogens is 4. The van der Waals surface area contributed by atoms with Crippen molar-refractivity contribution in [2.75, 3.05) is 12.3 Å². The number of anilines is 1. The van der Waals surface area contributed by atoms with Gasteiger partial charge >= 0.3 is 10.3 Å². The molecule has 4 rings (SSSR count). The molecule has 0 amide bonds. The van der Waals surface area contributed by atoms with Crippen LogP contribution in [0.25, 0.3) is 11.0 Å². The molecule has 168 valence electrons. The second-order valence-electron chi connectivity index (χ2n) is 6.53. The second-order valence-corrected chi connectivity index (χ2v) is 9.08. The molecule has 31 heavy (non-hydrogen) atoms. The number of nitrogens with zero attached hydrogens (tertiary/aromatic N) is 4. The van der Waals surface area contributed by atoms with Crippen LogP contribution in [0.4, 0.5) is 5.82 Å². The zero-order valence-electron chi connectivity index (χ0n) is 15.5. The molecule has 0 spiro atoms. The average Bonchev–Trinajstić information content (AvgIpc) is 3.36. The first-order valence-corrected chi connectivity index (χ1v) is 11.5. The number of aliphatic hydroxyl groups excluding tert-OH is 2. The normalized spacial score (nSPS) is 24.3. The summed E-state index contributed by atoms with van der Waals surface area (Å²) in [5.74, 6) is 1.12. The van der Waals surface area contributed by atoms with Crippen molar-refractivity contribution in [2.45, 2.75) is 35.3 Å². The van der Waals surface area contributed by atoms with Gasteiger partial charge in [0.1, 0.15) is 41.2 Å². The van der Waals surface area contributed by atoms with E-state index in [1.54, 1.807) is 12.1 Å². The van der Waals surface area contributed by atoms with Crippen LogP contribution in [0, 0.1) is 0 Å². The van der Waals surface area contributed by atoms with Gasteiger partial charge in [0.25, 0.3) is 0 Å². The molecule has 16 heteroatoms. The van der Waals surface area contributed by atoms with E-state index in [-0.39, 0.29) is 16.7 Å². The maximum Gasteiger partial charge on any atom is 0.333 e. The number of nitrogens with two attached hydrogens (primary N) is 2. The molecule has 1 saturated heterocycles. The molecule has 6 N–H and O–H groups in total. The van der Waals surface area contributed by atoms with E-state index in [9.17, 15) is 18.6 Å². The number of rotatable bonds is 7. The highest BCUT2D eigenvalue weighted by Gasteiger charge is 2.45. The van der Waals surface area contributed by atoms with Gasteiger partial charge in [0.2, 0.25) is 0 Å². The predicted octanol–water partition coefficient (Wildman–Crippen LogP) is -0.214. The number of hydrogen-bond acceptors (Lipinski definition) is 12. The largest absolute Gasteiger partial charge is 0.449 e. The monoisotopic (exact) mass is 492 g/mol. The van der Waals surface area contributed by atoms with Crippen LogP contribution in [0.3, 0.4) is 0 Å². The molecule has 0 saturated carbocycles. The first kappa shape index (κ1) is 22.2. The number of ether oxygens (including phenoxy) is 1. The Balaban J connectivity index is 1.63. The number of fused-ring (bicyclic) bond motifs is 1.